The average molecular weight is 256 g/mol. The van der Waals surface area contributed by atoms with Crippen molar-refractivity contribution in [1.29, 1.82) is 0 Å². The van der Waals surface area contributed by atoms with Crippen LogP contribution in [-0.4, -0.2) is 41.1 Å². The molecule has 0 aliphatic carbocycles. The van der Waals surface area contributed by atoms with Gasteiger partial charge in [0.05, 0.1) is 10.8 Å². The third-order valence-corrected chi connectivity index (χ3v) is 5.97. The number of hydrogen-bond donors (Lipinski definition) is 1. The van der Waals surface area contributed by atoms with Crippen molar-refractivity contribution in [3.8, 4) is 0 Å². The van der Waals surface area contributed by atoms with E-state index in [0.717, 1.165) is 18.8 Å². The molecule has 2 aliphatic heterocycles. The van der Waals surface area contributed by atoms with Gasteiger partial charge >= 0.3 is 0 Å². The Hall–Kier alpha value is -0.220. The summed E-state index contributed by atoms with van der Waals surface area (Å²) in [6.07, 6.45) is 0. The SMILES string of the molecule is CC(C)N1CC(C)(C)C2(CNC2=O)CSC1C. The molecule has 3 nitrogen and oxygen atoms in total. The molecular formula is C13H24N2OS. The van der Waals surface area contributed by atoms with Crippen molar-refractivity contribution >= 4 is 17.7 Å². The number of thioether (sulfide) groups is 1. The van der Waals surface area contributed by atoms with Crippen LogP contribution < -0.4 is 5.32 Å². The molecule has 2 fully saturated rings. The van der Waals surface area contributed by atoms with Crippen molar-refractivity contribution in [2.45, 2.75) is 46.0 Å². The Morgan fingerprint density at radius 3 is 2.53 bits per heavy atom. The molecule has 0 bridgehead atoms. The van der Waals surface area contributed by atoms with Crippen LogP contribution in [0.15, 0.2) is 0 Å². The zero-order valence-corrected chi connectivity index (χ0v) is 12.4. The maximum absolute atomic E-state index is 12.0. The number of amides is 1. The summed E-state index contributed by atoms with van der Waals surface area (Å²) >= 11 is 1.93. The summed E-state index contributed by atoms with van der Waals surface area (Å²) < 4.78 is 0. The molecule has 0 aromatic rings. The first kappa shape index (κ1) is 13.2. The molecular weight excluding hydrogens is 232 g/mol. The summed E-state index contributed by atoms with van der Waals surface area (Å²) in [4.78, 5) is 14.5. The molecule has 1 N–H and O–H groups in total. The molecule has 98 valence electrons. The highest BCUT2D eigenvalue weighted by Gasteiger charge is 2.58. The smallest absolute Gasteiger partial charge is 0.229 e. The van der Waals surface area contributed by atoms with Gasteiger partial charge in [-0.1, -0.05) is 13.8 Å². The molecule has 17 heavy (non-hydrogen) atoms. The Morgan fingerprint density at radius 2 is 2.12 bits per heavy atom. The van der Waals surface area contributed by atoms with E-state index in [1.807, 2.05) is 11.8 Å². The van der Waals surface area contributed by atoms with E-state index in [0.29, 0.717) is 11.4 Å². The standard InChI is InChI=1S/C13H24N2OS/c1-9(2)15-7-12(4,5)13(6-14-11(13)16)8-17-10(15)3/h9-10H,6-8H2,1-5H3,(H,14,16). The van der Waals surface area contributed by atoms with Gasteiger partial charge in [0.2, 0.25) is 5.91 Å². The number of β-lactam (4-membered cyclic amide) rings is 1. The van der Waals surface area contributed by atoms with Gasteiger partial charge in [-0.05, 0) is 26.2 Å². The molecule has 1 amide bonds. The average Bonchev–Trinajstić information content (AvgIpc) is 2.33. The minimum Gasteiger partial charge on any atom is -0.354 e. The van der Waals surface area contributed by atoms with E-state index in [2.05, 4.69) is 44.8 Å². The predicted molar refractivity (Wildman–Crippen MR) is 73.0 cm³/mol. The lowest BCUT2D eigenvalue weighted by Crippen LogP contribution is -2.68. The van der Waals surface area contributed by atoms with Gasteiger partial charge in [0.15, 0.2) is 0 Å². The van der Waals surface area contributed by atoms with E-state index in [-0.39, 0.29) is 16.7 Å². The van der Waals surface area contributed by atoms with Crippen LogP contribution >= 0.6 is 11.8 Å². The lowest BCUT2D eigenvalue weighted by Gasteiger charge is -2.51. The van der Waals surface area contributed by atoms with Crippen molar-refractivity contribution in [1.82, 2.24) is 10.2 Å². The zero-order valence-electron chi connectivity index (χ0n) is 11.5. The number of hydrogen-bond acceptors (Lipinski definition) is 3. The van der Waals surface area contributed by atoms with Gasteiger partial charge < -0.3 is 5.32 Å². The van der Waals surface area contributed by atoms with Gasteiger partial charge in [-0.25, -0.2) is 0 Å². The highest BCUT2D eigenvalue weighted by atomic mass is 32.2. The monoisotopic (exact) mass is 256 g/mol. The molecule has 4 heteroatoms. The normalized spacial score (nSPS) is 37.8. The fraction of sp³-hybridized carbons (Fsp3) is 0.923. The van der Waals surface area contributed by atoms with Crippen molar-refractivity contribution in [2.75, 3.05) is 18.8 Å². The molecule has 2 unspecified atom stereocenters. The van der Waals surface area contributed by atoms with E-state index in [9.17, 15) is 4.79 Å². The maximum Gasteiger partial charge on any atom is 0.229 e. The third-order valence-electron chi connectivity index (χ3n) is 4.56. The molecule has 0 aromatic heterocycles. The molecule has 2 atom stereocenters. The number of nitrogens with zero attached hydrogens (tertiary/aromatic N) is 1. The lowest BCUT2D eigenvalue weighted by molar-refractivity contribution is -0.148. The van der Waals surface area contributed by atoms with Crippen molar-refractivity contribution in [2.24, 2.45) is 10.8 Å². The molecule has 2 saturated heterocycles. The highest BCUT2D eigenvalue weighted by Crippen LogP contribution is 2.49. The number of carbonyl (C=O) groups excluding carboxylic acids is 1. The van der Waals surface area contributed by atoms with Crippen LogP contribution in [0.1, 0.15) is 34.6 Å². The Balaban J connectivity index is 2.28. The maximum atomic E-state index is 12.0. The number of nitrogens with one attached hydrogen (secondary N) is 1. The molecule has 2 aliphatic rings. The van der Waals surface area contributed by atoms with Crippen LogP contribution in [0.3, 0.4) is 0 Å². The van der Waals surface area contributed by atoms with Crippen LogP contribution in [0.4, 0.5) is 0 Å². The van der Waals surface area contributed by atoms with Gasteiger partial charge in [-0.2, -0.15) is 0 Å². The zero-order chi connectivity index (χ0) is 12.8. The minimum atomic E-state index is -0.143. The second kappa shape index (κ2) is 4.16. The Morgan fingerprint density at radius 1 is 1.47 bits per heavy atom. The topological polar surface area (TPSA) is 32.3 Å². The second-order valence-corrected chi connectivity index (χ2v) is 7.63. The third kappa shape index (κ3) is 1.89. The quantitative estimate of drug-likeness (QED) is 0.728. The number of rotatable bonds is 1. The van der Waals surface area contributed by atoms with Crippen LogP contribution in [0.2, 0.25) is 0 Å². The van der Waals surface area contributed by atoms with Crippen LogP contribution in [-0.2, 0) is 4.79 Å². The van der Waals surface area contributed by atoms with Gasteiger partial charge in [0, 0.05) is 24.9 Å². The summed E-state index contributed by atoms with van der Waals surface area (Å²) in [5.41, 5.74) is -0.0903. The fourth-order valence-electron chi connectivity index (χ4n) is 2.93. The van der Waals surface area contributed by atoms with E-state index in [4.69, 9.17) is 0 Å². The van der Waals surface area contributed by atoms with Crippen molar-refractivity contribution in [3.63, 3.8) is 0 Å². The van der Waals surface area contributed by atoms with Gasteiger partial charge in [-0.15, -0.1) is 11.8 Å². The first-order valence-corrected chi connectivity index (χ1v) is 7.51. The molecule has 0 aromatic carbocycles. The first-order chi connectivity index (χ1) is 7.80. The van der Waals surface area contributed by atoms with Crippen molar-refractivity contribution in [3.05, 3.63) is 0 Å². The van der Waals surface area contributed by atoms with E-state index < -0.39 is 0 Å². The van der Waals surface area contributed by atoms with Crippen LogP contribution in [0.25, 0.3) is 0 Å². The van der Waals surface area contributed by atoms with Gasteiger partial charge in [0.1, 0.15) is 0 Å². The van der Waals surface area contributed by atoms with Gasteiger partial charge in [-0.3, -0.25) is 9.69 Å². The van der Waals surface area contributed by atoms with Crippen LogP contribution in [0, 0.1) is 10.8 Å². The Kier molecular flexibility index (Phi) is 3.24. The molecule has 2 heterocycles. The molecule has 0 radical (unpaired) electrons. The number of carbonyl (C=O) groups is 1. The fourth-order valence-corrected chi connectivity index (χ4v) is 4.59. The largest absolute Gasteiger partial charge is 0.354 e. The summed E-state index contributed by atoms with van der Waals surface area (Å²) in [6, 6.07) is 0.537. The minimum absolute atomic E-state index is 0.0529. The van der Waals surface area contributed by atoms with Crippen LogP contribution in [0.5, 0.6) is 0 Å². The second-order valence-electron chi connectivity index (χ2n) is 6.33. The summed E-state index contributed by atoms with van der Waals surface area (Å²) in [7, 11) is 0. The summed E-state index contributed by atoms with van der Waals surface area (Å²) in [5, 5.41) is 3.44. The first-order valence-electron chi connectivity index (χ1n) is 6.46. The molecule has 0 saturated carbocycles. The highest BCUT2D eigenvalue weighted by molar-refractivity contribution is 7.99. The molecule has 2 rings (SSSR count). The Labute approximate surface area is 109 Å². The van der Waals surface area contributed by atoms with E-state index >= 15 is 0 Å². The van der Waals surface area contributed by atoms with E-state index in [1.54, 1.807) is 0 Å². The van der Waals surface area contributed by atoms with E-state index in [1.165, 1.54) is 0 Å². The van der Waals surface area contributed by atoms with Gasteiger partial charge in [0.25, 0.3) is 0 Å². The summed E-state index contributed by atoms with van der Waals surface area (Å²) in [5.74, 6) is 1.21. The Bertz CT molecular complexity index is 329. The predicted octanol–water partition coefficient (Wildman–Crippen LogP) is 1.93. The molecule has 1 spiro atoms. The lowest BCUT2D eigenvalue weighted by atomic mass is 9.62. The van der Waals surface area contributed by atoms with Crippen molar-refractivity contribution < 1.29 is 4.79 Å². The summed E-state index contributed by atoms with van der Waals surface area (Å²) in [6.45, 7) is 13.1.